The van der Waals surface area contributed by atoms with Crippen molar-refractivity contribution in [3.63, 3.8) is 0 Å². The second-order valence-electron chi connectivity index (χ2n) is 6.94. The van der Waals surface area contributed by atoms with E-state index in [1.165, 1.54) is 7.11 Å². The number of hydrogen-bond donors (Lipinski definition) is 1. The van der Waals surface area contributed by atoms with E-state index in [1.54, 1.807) is 6.08 Å². The minimum atomic E-state index is -1.33. The van der Waals surface area contributed by atoms with Gasteiger partial charge in [-0.15, -0.1) is 6.58 Å². The highest BCUT2D eigenvalue weighted by Gasteiger charge is 2.56. The molecule has 0 saturated carbocycles. The fourth-order valence-corrected chi connectivity index (χ4v) is 3.51. The molecule has 1 aliphatic rings. The number of hydrogen-bond acceptors (Lipinski definition) is 5. The molecule has 0 spiro atoms. The van der Waals surface area contributed by atoms with Crippen molar-refractivity contribution in [3.8, 4) is 0 Å². The standard InChI is InChI=1S/C23H28O5/c1-3-14-23(24)21(27-16-19-12-8-5-9-13-19)20(28-22(23)25-2)17-26-15-18-10-6-4-7-11-18/h3-13,20-22,24H,1,14-17H2,2H3/t20?,21-,22+,23-/m1/s1. The largest absolute Gasteiger partial charge is 0.381 e. The number of ether oxygens (including phenoxy) is 4. The topological polar surface area (TPSA) is 57.2 Å². The molecule has 150 valence electrons. The third-order valence-electron chi connectivity index (χ3n) is 4.89. The summed E-state index contributed by atoms with van der Waals surface area (Å²) in [5.41, 5.74) is 0.770. The molecule has 0 bridgehead atoms. The second-order valence-corrected chi connectivity index (χ2v) is 6.94. The zero-order valence-corrected chi connectivity index (χ0v) is 16.2. The molecule has 1 aliphatic heterocycles. The van der Waals surface area contributed by atoms with Gasteiger partial charge in [-0.3, -0.25) is 0 Å². The van der Waals surface area contributed by atoms with Crippen molar-refractivity contribution in [2.75, 3.05) is 13.7 Å². The molecule has 1 N–H and O–H groups in total. The molecule has 0 amide bonds. The molecule has 1 unspecified atom stereocenters. The van der Waals surface area contributed by atoms with E-state index in [0.29, 0.717) is 19.6 Å². The van der Waals surface area contributed by atoms with Gasteiger partial charge in [-0.05, 0) is 11.1 Å². The summed E-state index contributed by atoms with van der Waals surface area (Å²) in [7, 11) is 1.51. The number of methoxy groups -OCH3 is 1. The van der Waals surface area contributed by atoms with E-state index in [0.717, 1.165) is 11.1 Å². The van der Waals surface area contributed by atoms with Gasteiger partial charge in [-0.2, -0.15) is 0 Å². The molecule has 0 radical (unpaired) electrons. The fraction of sp³-hybridized carbons (Fsp3) is 0.391. The Hall–Kier alpha value is -2.02. The minimum Gasteiger partial charge on any atom is -0.381 e. The van der Waals surface area contributed by atoms with Gasteiger partial charge >= 0.3 is 0 Å². The first-order chi connectivity index (χ1) is 13.7. The number of rotatable bonds is 10. The Morgan fingerprint density at radius 2 is 1.64 bits per heavy atom. The van der Waals surface area contributed by atoms with Gasteiger partial charge < -0.3 is 24.1 Å². The molecule has 1 fully saturated rings. The van der Waals surface area contributed by atoms with Crippen LogP contribution >= 0.6 is 0 Å². The van der Waals surface area contributed by atoms with Gasteiger partial charge in [0, 0.05) is 13.5 Å². The summed E-state index contributed by atoms with van der Waals surface area (Å²) in [6, 6.07) is 19.8. The minimum absolute atomic E-state index is 0.285. The Bertz CT molecular complexity index is 720. The quantitative estimate of drug-likeness (QED) is 0.636. The first kappa shape index (κ1) is 20.7. The van der Waals surface area contributed by atoms with Crippen molar-refractivity contribution in [3.05, 3.63) is 84.4 Å². The average Bonchev–Trinajstić information content (AvgIpc) is 2.99. The predicted octanol–water partition coefficient (Wildman–Crippen LogP) is 3.47. The lowest BCUT2D eigenvalue weighted by atomic mass is 9.91. The summed E-state index contributed by atoms with van der Waals surface area (Å²) >= 11 is 0. The van der Waals surface area contributed by atoms with Gasteiger partial charge in [-0.25, -0.2) is 0 Å². The van der Waals surface area contributed by atoms with Crippen LogP contribution in [0.5, 0.6) is 0 Å². The predicted molar refractivity (Wildman–Crippen MR) is 107 cm³/mol. The summed E-state index contributed by atoms with van der Waals surface area (Å²) in [6.07, 6.45) is 0.0760. The van der Waals surface area contributed by atoms with Crippen molar-refractivity contribution in [1.82, 2.24) is 0 Å². The smallest absolute Gasteiger partial charge is 0.189 e. The van der Waals surface area contributed by atoms with E-state index in [1.807, 2.05) is 60.7 Å². The molecule has 5 heteroatoms. The molecular formula is C23H28O5. The van der Waals surface area contributed by atoms with Crippen LogP contribution < -0.4 is 0 Å². The zero-order chi connectivity index (χ0) is 19.8. The van der Waals surface area contributed by atoms with Crippen molar-refractivity contribution in [1.29, 1.82) is 0 Å². The van der Waals surface area contributed by atoms with E-state index in [2.05, 4.69) is 6.58 Å². The maximum Gasteiger partial charge on any atom is 0.189 e. The lowest BCUT2D eigenvalue weighted by Crippen LogP contribution is -2.50. The Morgan fingerprint density at radius 3 is 2.21 bits per heavy atom. The Balaban J connectivity index is 1.68. The van der Waals surface area contributed by atoms with E-state index in [4.69, 9.17) is 18.9 Å². The average molecular weight is 384 g/mol. The molecular weight excluding hydrogens is 356 g/mol. The highest BCUT2D eigenvalue weighted by Crippen LogP contribution is 2.37. The van der Waals surface area contributed by atoms with Crippen LogP contribution in [0.15, 0.2) is 73.3 Å². The van der Waals surface area contributed by atoms with Gasteiger partial charge in [0.2, 0.25) is 0 Å². The highest BCUT2D eigenvalue weighted by atomic mass is 16.7. The van der Waals surface area contributed by atoms with E-state index < -0.39 is 24.1 Å². The Kier molecular flexibility index (Phi) is 7.36. The monoisotopic (exact) mass is 384 g/mol. The lowest BCUT2D eigenvalue weighted by molar-refractivity contribution is -0.196. The third-order valence-corrected chi connectivity index (χ3v) is 4.89. The summed E-state index contributed by atoms with van der Waals surface area (Å²) in [5, 5.41) is 11.3. The molecule has 3 rings (SSSR count). The Morgan fingerprint density at radius 1 is 1.04 bits per heavy atom. The van der Waals surface area contributed by atoms with E-state index in [-0.39, 0.29) is 6.61 Å². The summed E-state index contributed by atoms with van der Waals surface area (Å²) in [4.78, 5) is 0. The molecule has 28 heavy (non-hydrogen) atoms. The van der Waals surface area contributed by atoms with Crippen molar-refractivity contribution in [2.24, 2.45) is 0 Å². The maximum absolute atomic E-state index is 11.3. The molecule has 0 aromatic heterocycles. The van der Waals surface area contributed by atoms with E-state index in [9.17, 15) is 5.11 Å². The first-order valence-corrected chi connectivity index (χ1v) is 9.46. The maximum atomic E-state index is 11.3. The fourth-order valence-electron chi connectivity index (χ4n) is 3.51. The second kappa shape index (κ2) is 9.96. The van der Waals surface area contributed by atoms with Crippen molar-refractivity contribution >= 4 is 0 Å². The van der Waals surface area contributed by atoms with Gasteiger partial charge in [0.15, 0.2) is 6.29 Å². The normalized spacial score (nSPS) is 27.0. The van der Waals surface area contributed by atoms with Crippen molar-refractivity contribution < 1.29 is 24.1 Å². The van der Waals surface area contributed by atoms with Crippen LogP contribution in [0.4, 0.5) is 0 Å². The van der Waals surface area contributed by atoms with Crippen LogP contribution in [0, 0.1) is 0 Å². The van der Waals surface area contributed by atoms with Crippen LogP contribution in [-0.4, -0.2) is 42.9 Å². The summed E-state index contributed by atoms with van der Waals surface area (Å²) in [5.74, 6) is 0. The highest BCUT2D eigenvalue weighted by molar-refractivity contribution is 5.15. The van der Waals surface area contributed by atoms with Crippen LogP contribution in [0.25, 0.3) is 0 Å². The lowest BCUT2D eigenvalue weighted by Gasteiger charge is -2.32. The first-order valence-electron chi connectivity index (χ1n) is 9.46. The third kappa shape index (κ3) is 4.87. The Labute approximate surface area is 166 Å². The molecule has 2 aromatic rings. The molecule has 1 saturated heterocycles. The number of benzene rings is 2. The van der Waals surface area contributed by atoms with E-state index >= 15 is 0 Å². The SMILES string of the molecule is C=CC[C@]1(O)[C@@H](OC)OC(COCc2ccccc2)[C@H]1OCc1ccccc1. The zero-order valence-electron chi connectivity index (χ0n) is 16.2. The van der Waals surface area contributed by atoms with Crippen LogP contribution in [0.3, 0.4) is 0 Å². The van der Waals surface area contributed by atoms with Crippen LogP contribution in [0.1, 0.15) is 17.5 Å². The summed E-state index contributed by atoms with van der Waals surface area (Å²) in [6.45, 7) is 4.87. The molecule has 5 nitrogen and oxygen atoms in total. The van der Waals surface area contributed by atoms with Gasteiger partial charge in [-0.1, -0.05) is 66.7 Å². The summed E-state index contributed by atoms with van der Waals surface area (Å²) < 4.78 is 23.3. The van der Waals surface area contributed by atoms with Crippen molar-refractivity contribution in [2.45, 2.75) is 43.7 Å². The number of aliphatic hydroxyl groups is 1. The van der Waals surface area contributed by atoms with Crippen LogP contribution in [-0.2, 0) is 32.2 Å². The van der Waals surface area contributed by atoms with Gasteiger partial charge in [0.05, 0.1) is 19.8 Å². The van der Waals surface area contributed by atoms with Gasteiger partial charge in [0.25, 0.3) is 0 Å². The molecule has 4 atom stereocenters. The molecule has 2 aromatic carbocycles. The van der Waals surface area contributed by atoms with Crippen LogP contribution in [0.2, 0.25) is 0 Å². The van der Waals surface area contributed by atoms with Gasteiger partial charge in [0.1, 0.15) is 17.8 Å². The molecule has 1 heterocycles. The molecule has 0 aliphatic carbocycles.